The second-order valence-electron chi connectivity index (χ2n) is 7.90. The maximum atomic E-state index is 12.0. The van der Waals surface area contributed by atoms with Crippen LogP contribution < -0.4 is 5.73 Å². The number of benzene rings is 2. The van der Waals surface area contributed by atoms with Gasteiger partial charge in [0.25, 0.3) is 0 Å². The van der Waals surface area contributed by atoms with Crippen molar-refractivity contribution in [2.45, 2.75) is 51.5 Å². The third-order valence-electron chi connectivity index (χ3n) is 6.03. The average molecular weight is 390 g/mol. The Labute approximate surface area is 170 Å². The van der Waals surface area contributed by atoms with E-state index in [1.807, 2.05) is 18.2 Å². The highest BCUT2D eigenvalue weighted by Crippen LogP contribution is 2.42. The van der Waals surface area contributed by atoms with E-state index in [2.05, 4.69) is 17.6 Å². The molecule has 1 aliphatic carbocycles. The number of amides is 1. The molecule has 1 atom stereocenters. The van der Waals surface area contributed by atoms with Crippen LogP contribution in [0.15, 0.2) is 42.5 Å². The number of fused-ring (bicyclic) bond motifs is 3. The summed E-state index contributed by atoms with van der Waals surface area (Å²) in [5.74, 6) is -0.904. The lowest BCUT2D eigenvalue weighted by atomic mass is 9.82. The van der Waals surface area contributed by atoms with Crippen LogP contribution in [0.4, 0.5) is 0 Å². The van der Waals surface area contributed by atoms with Crippen molar-refractivity contribution in [1.29, 1.82) is 0 Å². The van der Waals surface area contributed by atoms with E-state index in [0.29, 0.717) is 23.6 Å². The largest absolute Gasteiger partial charge is 0.478 e. The number of aromatic carboxylic acids is 1. The van der Waals surface area contributed by atoms with Gasteiger partial charge < -0.3 is 15.4 Å². The summed E-state index contributed by atoms with van der Waals surface area (Å²) >= 11 is 0. The van der Waals surface area contributed by atoms with Crippen molar-refractivity contribution in [3.63, 3.8) is 0 Å². The molecule has 3 N–H and O–H groups in total. The number of hydrogen-bond donors (Lipinski definition) is 2. The van der Waals surface area contributed by atoms with Crippen molar-refractivity contribution >= 4 is 22.8 Å². The second-order valence-corrected chi connectivity index (χ2v) is 7.90. The number of carbonyl (C=O) groups is 2. The predicted molar refractivity (Wildman–Crippen MR) is 114 cm³/mol. The first-order chi connectivity index (χ1) is 14.0. The average Bonchev–Trinajstić information content (AvgIpc) is 3.03. The normalized spacial score (nSPS) is 16.0. The smallest absolute Gasteiger partial charge is 0.337 e. The fourth-order valence-corrected chi connectivity index (χ4v) is 4.86. The number of para-hydroxylation sites is 1. The summed E-state index contributed by atoms with van der Waals surface area (Å²) in [6, 6.07) is 12.9. The molecular weight excluding hydrogens is 364 g/mol. The van der Waals surface area contributed by atoms with Crippen molar-refractivity contribution in [1.82, 2.24) is 4.57 Å². The molecule has 29 heavy (non-hydrogen) atoms. The van der Waals surface area contributed by atoms with Gasteiger partial charge in [0, 0.05) is 23.2 Å². The SMILES string of the molecule is CCCC1CCCc2c1c1cccc(C(=O)O)c1n2Cc1cccc(C(N)=O)c1. The van der Waals surface area contributed by atoms with Crippen LogP contribution in [0.3, 0.4) is 0 Å². The van der Waals surface area contributed by atoms with E-state index in [4.69, 9.17) is 5.73 Å². The fraction of sp³-hybridized carbons (Fsp3) is 0.333. The fourth-order valence-electron chi connectivity index (χ4n) is 4.86. The third-order valence-corrected chi connectivity index (χ3v) is 6.03. The molecule has 0 aliphatic heterocycles. The van der Waals surface area contributed by atoms with E-state index < -0.39 is 11.9 Å². The van der Waals surface area contributed by atoms with Gasteiger partial charge in [-0.25, -0.2) is 4.79 Å². The molecule has 0 spiro atoms. The van der Waals surface area contributed by atoms with Gasteiger partial charge in [0.1, 0.15) is 0 Å². The molecule has 0 saturated heterocycles. The van der Waals surface area contributed by atoms with E-state index in [9.17, 15) is 14.7 Å². The van der Waals surface area contributed by atoms with E-state index in [1.165, 1.54) is 11.3 Å². The zero-order valence-corrected chi connectivity index (χ0v) is 16.6. The highest BCUT2D eigenvalue weighted by molar-refractivity contribution is 6.04. The van der Waals surface area contributed by atoms with Gasteiger partial charge in [0.15, 0.2) is 0 Å². The zero-order chi connectivity index (χ0) is 20.5. The number of nitrogens with two attached hydrogens (primary N) is 1. The monoisotopic (exact) mass is 390 g/mol. The van der Waals surface area contributed by atoms with Crippen molar-refractivity contribution in [2.24, 2.45) is 5.73 Å². The first-order valence-electron chi connectivity index (χ1n) is 10.3. The Hall–Kier alpha value is -3.08. The Morgan fingerprint density at radius 3 is 2.72 bits per heavy atom. The highest BCUT2D eigenvalue weighted by Gasteiger charge is 2.29. The summed E-state index contributed by atoms with van der Waals surface area (Å²) < 4.78 is 2.16. The van der Waals surface area contributed by atoms with E-state index in [-0.39, 0.29) is 0 Å². The summed E-state index contributed by atoms with van der Waals surface area (Å²) in [7, 11) is 0. The zero-order valence-electron chi connectivity index (χ0n) is 16.6. The van der Waals surface area contributed by atoms with Crippen LogP contribution >= 0.6 is 0 Å². The van der Waals surface area contributed by atoms with Gasteiger partial charge in [-0.15, -0.1) is 0 Å². The number of aromatic nitrogens is 1. The lowest BCUT2D eigenvalue weighted by Gasteiger charge is -2.24. The Balaban J connectivity index is 1.94. The van der Waals surface area contributed by atoms with Crippen molar-refractivity contribution < 1.29 is 14.7 Å². The van der Waals surface area contributed by atoms with Crippen LogP contribution in [-0.4, -0.2) is 21.6 Å². The lowest BCUT2D eigenvalue weighted by molar-refractivity contribution is 0.0698. The van der Waals surface area contributed by atoms with E-state index in [0.717, 1.165) is 48.6 Å². The molecule has 1 heterocycles. The standard InChI is InChI=1S/C24H26N2O3/c1-2-6-16-8-4-12-20-21(16)18-10-5-11-19(24(28)29)22(18)26(20)14-15-7-3-9-17(13-15)23(25)27/h3,5,7,9-11,13,16H,2,4,6,8,12,14H2,1H3,(H2,25,27)(H,28,29). The molecule has 150 valence electrons. The number of nitrogens with zero attached hydrogens (tertiary/aromatic N) is 1. The maximum Gasteiger partial charge on any atom is 0.337 e. The molecule has 0 fully saturated rings. The quantitative estimate of drug-likeness (QED) is 0.639. The molecule has 1 aromatic heterocycles. The minimum absolute atomic E-state index is 0.332. The first-order valence-corrected chi connectivity index (χ1v) is 10.3. The Kier molecular flexibility index (Phi) is 5.14. The molecule has 0 radical (unpaired) electrons. The molecule has 1 aliphatic rings. The number of carboxylic acid groups (broad SMARTS) is 1. The van der Waals surface area contributed by atoms with Crippen LogP contribution in [-0.2, 0) is 13.0 Å². The molecule has 3 aromatic rings. The minimum atomic E-state index is -0.912. The number of rotatable bonds is 6. The molecule has 0 bridgehead atoms. The molecule has 1 unspecified atom stereocenters. The molecule has 4 rings (SSSR count). The summed E-state index contributed by atoms with van der Waals surface area (Å²) in [4.78, 5) is 23.6. The van der Waals surface area contributed by atoms with Gasteiger partial charge in [-0.2, -0.15) is 0 Å². The summed E-state index contributed by atoms with van der Waals surface area (Å²) in [6.07, 6.45) is 5.42. The van der Waals surface area contributed by atoms with Gasteiger partial charge in [-0.05, 0) is 60.9 Å². The van der Waals surface area contributed by atoms with Gasteiger partial charge in [-0.3, -0.25) is 4.79 Å². The Bertz CT molecular complexity index is 1100. The number of carbonyl (C=O) groups excluding carboxylic acids is 1. The molecule has 5 nitrogen and oxygen atoms in total. The molecular formula is C24H26N2O3. The summed E-state index contributed by atoms with van der Waals surface area (Å²) in [6.45, 7) is 2.72. The molecule has 1 amide bonds. The van der Waals surface area contributed by atoms with Gasteiger partial charge >= 0.3 is 5.97 Å². The minimum Gasteiger partial charge on any atom is -0.478 e. The topological polar surface area (TPSA) is 85.3 Å². The molecule has 2 aromatic carbocycles. The van der Waals surface area contributed by atoms with Gasteiger partial charge in [0.05, 0.1) is 11.1 Å². The first kappa shape index (κ1) is 19.2. The number of hydrogen-bond acceptors (Lipinski definition) is 2. The summed E-state index contributed by atoms with van der Waals surface area (Å²) in [5.41, 5.74) is 10.5. The van der Waals surface area contributed by atoms with Crippen molar-refractivity contribution in [2.75, 3.05) is 0 Å². The number of primary amides is 1. The van der Waals surface area contributed by atoms with Crippen LogP contribution in [0.5, 0.6) is 0 Å². The Morgan fingerprint density at radius 1 is 1.21 bits per heavy atom. The summed E-state index contributed by atoms with van der Waals surface area (Å²) in [5, 5.41) is 10.9. The maximum absolute atomic E-state index is 12.0. The Morgan fingerprint density at radius 2 is 2.00 bits per heavy atom. The second kappa shape index (κ2) is 7.74. The van der Waals surface area contributed by atoms with Crippen LogP contribution in [0, 0.1) is 0 Å². The van der Waals surface area contributed by atoms with Crippen LogP contribution in [0.1, 0.15) is 76.1 Å². The van der Waals surface area contributed by atoms with E-state index in [1.54, 1.807) is 18.2 Å². The predicted octanol–water partition coefficient (Wildman–Crippen LogP) is 4.71. The van der Waals surface area contributed by atoms with Gasteiger partial charge in [-0.1, -0.05) is 37.6 Å². The van der Waals surface area contributed by atoms with Crippen molar-refractivity contribution in [3.8, 4) is 0 Å². The van der Waals surface area contributed by atoms with Crippen molar-refractivity contribution in [3.05, 3.63) is 70.4 Å². The van der Waals surface area contributed by atoms with Crippen LogP contribution in [0.2, 0.25) is 0 Å². The third kappa shape index (κ3) is 3.41. The van der Waals surface area contributed by atoms with Crippen LogP contribution in [0.25, 0.3) is 10.9 Å². The van der Waals surface area contributed by atoms with Gasteiger partial charge in [0.2, 0.25) is 5.91 Å². The highest BCUT2D eigenvalue weighted by atomic mass is 16.4. The van der Waals surface area contributed by atoms with E-state index >= 15 is 0 Å². The molecule has 0 saturated carbocycles. The lowest BCUT2D eigenvalue weighted by Crippen LogP contribution is -2.14. The number of carboxylic acids is 1. The molecule has 5 heteroatoms.